The summed E-state index contributed by atoms with van der Waals surface area (Å²) in [4.78, 5) is 19.2. The molecule has 0 spiro atoms. The van der Waals surface area contributed by atoms with E-state index in [9.17, 15) is 22.8 Å². The van der Waals surface area contributed by atoms with Crippen LogP contribution in [0.1, 0.15) is 13.3 Å². The van der Waals surface area contributed by atoms with Crippen molar-refractivity contribution in [3.05, 3.63) is 0 Å². The Labute approximate surface area is 56.0 Å². The first kappa shape index (κ1) is 11.9. The van der Waals surface area contributed by atoms with E-state index in [1.54, 1.807) is 0 Å². The van der Waals surface area contributed by atoms with Crippen molar-refractivity contribution in [2.75, 3.05) is 6.93 Å². The summed E-state index contributed by atoms with van der Waals surface area (Å²) in [5.41, 5.74) is 0. The number of ketones is 1. The van der Waals surface area contributed by atoms with Crippen LogP contribution in [0.2, 0.25) is 0 Å². The smallest absolute Gasteiger partial charge is 0.299 e. The minimum Gasteiger partial charge on any atom is -0.299 e. The van der Waals surface area contributed by atoms with E-state index in [0.29, 0.717) is 0 Å². The molecule has 0 aromatic rings. The second-order valence-electron chi connectivity index (χ2n) is 1.33. The Morgan fingerprint density at radius 3 is 1.60 bits per heavy atom. The fraction of sp³-hybridized carbons (Fsp3) is 0.600. The summed E-state index contributed by atoms with van der Waals surface area (Å²) in [6, 6.07) is -1.56. The summed E-state index contributed by atoms with van der Waals surface area (Å²) in [7, 11) is 0. The minimum absolute atomic E-state index is 0.437. The van der Waals surface area contributed by atoms with Crippen molar-refractivity contribution in [2.45, 2.75) is 13.3 Å². The minimum atomic E-state index is -1.75. The van der Waals surface area contributed by atoms with Crippen molar-refractivity contribution in [1.29, 1.82) is 0 Å². The standard InChI is InChI=1S/C4H5FO2.CH2F2/c1-3(6)2-4(5)7;2-1-3/h2H2,1H3;1H2. The largest absolute Gasteiger partial charge is 0.308 e. The summed E-state index contributed by atoms with van der Waals surface area (Å²) in [5.74, 6) is -0.437. The lowest BCUT2D eigenvalue weighted by Gasteiger charge is -1.77. The van der Waals surface area contributed by atoms with Crippen LogP contribution in [0.3, 0.4) is 0 Å². The van der Waals surface area contributed by atoms with E-state index in [1.165, 1.54) is 0 Å². The molecule has 0 amide bonds. The number of carbonyl (C=O) groups is 2. The predicted molar refractivity (Wildman–Crippen MR) is 28.5 cm³/mol. The molecular formula is C5H7F3O2. The number of halogens is 3. The van der Waals surface area contributed by atoms with Gasteiger partial charge in [0, 0.05) is 0 Å². The molecule has 2 nitrogen and oxygen atoms in total. The third-order valence-corrected chi connectivity index (χ3v) is 0.388. The first-order chi connectivity index (χ1) is 4.54. The summed E-state index contributed by atoms with van der Waals surface area (Å²) < 4.78 is 30.3. The maximum atomic E-state index is 11.1. The quantitative estimate of drug-likeness (QED) is 0.446. The van der Waals surface area contributed by atoms with Crippen LogP contribution >= 0.6 is 0 Å². The summed E-state index contributed by atoms with van der Waals surface area (Å²) in [6.45, 7) is -0.586. The number of hydrogen-bond donors (Lipinski definition) is 0. The van der Waals surface area contributed by atoms with Crippen molar-refractivity contribution in [2.24, 2.45) is 0 Å². The van der Waals surface area contributed by atoms with Gasteiger partial charge in [-0.15, -0.1) is 0 Å². The monoisotopic (exact) mass is 156 g/mol. The van der Waals surface area contributed by atoms with Gasteiger partial charge in [-0.1, -0.05) is 0 Å². The highest BCUT2D eigenvalue weighted by Gasteiger charge is 1.99. The average molecular weight is 156 g/mol. The summed E-state index contributed by atoms with van der Waals surface area (Å²) >= 11 is 0. The highest BCUT2D eigenvalue weighted by Crippen LogP contribution is 1.83. The van der Waals surface area contributed by atoms with Gasteiger partial charge in [-0.2, -0.15) is 4.39 Å². The van der Waals surface area contributed by atoms with Gasteiger partial charge in [-0.3, -0.25) is 9.59 Å². The molecule has 0 heterocycles. The van der Waals surface area contributed by atoms with Gasteiger partial charge >= 0.3 is 6.04 Å². The van der Waals surface area contributed by atoms with Crippen LogP contribution in [0.4, 0.5) is 13.2 Å². The van der Waals surface area contributed by atoms with Crippen LogP contribution in [-0.4, -0.2) is 18.7 Å². The Kier molecular flexibility index (Phi) is 9.65. The number of carbonyl (C=O) groups excluding carboxylic acids is 2. The van der Waals surface area contributed by atoms with Crippen molar-refractivity contribution in [1.82, 2.24) is 0 Å². The molecule has 0 bridgehead atoms. The molecule has 5 heteroatoms. The van der Waals surface area contributed by atoms with Gasteiger partial charge in [-0.05, 0) is 6.92 Å². The van der Waals surface area contributed by atoms with E-state index in [-0.39, 0.29) is 0 Å². The van der Waals surface area contributed by atoms with Gasteiger partial charge < -0.3 is 0 Å². The van der Waals surface area contributed by atoms with Crippen molar-refractivity contribution in [3.8, 4) is 0 Å². The van der Waals surface area contributed by atoms with Crippen LogP contribution in [0.25, 0.3) is 0 Å². The molecule has 0 aliphatic rings. The molecule has 0 N–H and O–H groups in total. The number of rotatable bonds is 2. The van der Waals surface area contributed by atoms with E-state index < -0.39 is 25.2 Å². The Bertz CT molecular complexity index is 101. The molecule has 0 atom stereocenters. The van der Waals surface area contributed by atoms with Gasteiger partial charge in [0.1, 0.15) is 5.78 Å². The predicted octanol–water partition coefficient (Wildman–Crippen LogP) is 1.34. The number of alkyl halides is 2. The first-order valence-electron chi connectivity index (χ1n) is 2.34. The second kappa shape index (κ2) is 8.13. The molecule has 0 aromatic carbocycles. The van der Waals surface area contributed by atoms with E-state index in [2.05, 4.69) is 0 Å². The lowest BCUT2D eigenvalue weighted by Crippen LogP contribution is -1.96. The molecule has 0 fully saturated rings. The maximum Gasteiger partial charge on any atom is 0.308 e. The Hall–Kier alpha value is -0.870. The highest BCUT2D eigenvalue weighted by molar-refractivity contribution is 5.93. The third-order valence-electron chi connectivity index (χ3n) is 0.388. The van der Waals surface area contributed by atoms with Gasteiger partial charge in [0.15, 0.2) is 0 Å². The Morgan fingerprint density at radius 1 is 1.30 bits per heavy atom. The average Bonchev–Trinajstić information content (AvgIpc) is 1.62. The lowest BCUT2D eigenvalue weighted by atomic mass is 10.3. The Balaban J connectivity index is 0. The number of Topliss-reactive ketones (excluding diaryl/α,β-unsaturated/α-hetero) is 1. The molecule has 0 saturated carbocycles. The summed E-state index contributed by atoms with van der Waals surface area (Å²) in [5, 5.41) is 0. The fourth-order valence-electron chi connectivity index (χ4n) is 0.196. The lowest BCUT2D eigenvalue weighted by molar-refractivity contribution is -0.133. The molecule has 0 radical (unpaired) electrons. The van der Waals surface area contributed by atoms with E-state index >= 15 is 0 Å². The SMILES string of the molecule is CC(=O)CC(=O)F.FCF. The molecule has 0 aliphatic heterocycles. The van der Waals surface area contributed by atoms with E-state index in [1.807, 2.05) is 0 Å². The highest BCUT2D eigenvalue weighted by atomic mass is 19.3. The zero-order chi connectivity index (χ0) is 8.57. The molecule has 60 valence electrons. The molecule has 0 aromatic heterocycles. The van der Waals surface area contributed by atoms with Crippen molar-refractivity contribution < 1.29 is 22.8 Å². The Morgan fingerprint density at radius 2 is 1.60 bits per heavy atom. The van der Waals surface area contributed by atoms with Gasteiger partial charge in [0.25, 0.3) is 0 Å². The normalized spacial score (nSPS) is 7.60. The van der Waals surface area contributed by atoms with Crippen molar-refractivity contribution in [3.63, 3.8) is 0 Å². The van der Waals surface area contributed by atoms with E-state index in [4.69, 9.17) is 0 Å². The second-order valence-corrected chi connectivity index (χ2v) is 1.33. The van der Waals surface area contributed by atoms with Gasteiger partial charge in [-0.25, -0.2) is 8.78 Å². The van der Waals surface area contributed by atoms with Crippen LogP contribution in [-0.2, 0) is 9.59 Å². The molecular weight excluding hydrogens is 149 g/mol. The van der Waals surface area contributed by atoms with Crippen LogP contribution in [0.5, 0.6) is 0 Å². The van der Waals surface area contributed by atoms with Crippen LogP contribution in [0.15, 0.2) is 0 Å². The van der Waals surface area contributed by atoms with E-state index in [0.717, 1.165) is 6.92 Å². The molecule has 0 rings (SSSR count). The topological polar surface area (TPSA) is 34.1 Å². The third kappa shape index (κ3) is 27.3. The maximum absolute atomic E-state index is 11.1. The van der Waals surface area contributed by atoms with Gasteiger partial charge in [0.05, 0.1) is 6.42 Å². The summed E-state index contributed by atoms with van der Waals surface area (Å²) in [6.07, 6.45) is -0.583. The van der Waals surface area contributed by atoms with Crippen LogP contribution in [0, 0.1) is 0 Å². The molecule has 0 saturated heterocycles. The zero-order valence-corrected chi connectivity index (χ0v) is 5.36. The van der Waals surface area contributed by atoms with Crippen molar-refractivity contribution >= 4 is 11.8 Å². The zero-order valence-electron chi connectivity index (χ0n) is 5.36. The fourth-order valence-corrected chi connectivity index (χ4v) is 0.196. The molecule has 0 unspecified atom stereocenters. The molecule has 0 aliphatic carbocycles. The van der Waals surface area contributed by atoms with Gasteiger partial charge in [0.2, 0.25) is 6.93 Å². The number of hydrogen-bond acceptors (Lipinski definition) is 2. The molecule has 10 heavy (non-hydrogen) atoms. The van der Waals surface area contributed by atoms with Crippen LogP contribution < -0.4 is 0 Å². The first-order valence-corrected chi connectivity index (χ1v) is 2.34.